The van der Waals surface area contributed by atoms with E-state index in [1.807, 2.05) is 12.1 Å². The Balaban J connectivity index is 1.57. The summed E-state index contributed by atoms with van der Waals surface area (Å²) in [5, 5.41) is 0. The molecule has 0 unspecified atom stereocenters. The molecule has 0 aromatic heterocycles. The van der Waals surface area contributed by atoms with Crippen LogP contribution < -0.4 is 0 Å². The molecule has 0 atom stereocenters. The Kier molecular flexibility index (Phi) is 5.30. The first-order valence-corrected chi connectivity index (χ1v) is 13.9. The topological polar surface area (TPSA) is 126 Å². The number of hydrogen-bond donors (Lipinski definition) is 2. The minimum atomic E-state index is -4.29. The number of hydrogen-bond acceptors (Lipinski definition) is 5. The van der Waals surface area contributed by atoms with E-state index >= 15 is 0 Å². The van der Waals surface area contributed by atoms with Crippen LogP contribution in [0, 0.1) is 0 Å². The van der Waals surface area contributed by atoms with Crippen molar-refractivity contribution < 1.29 is 30.1 Å². The van der Waals surface area contributed by atoms with Crippen molar-refractivity contribution >= 4 is 31.0 Å². The number of rotatable bonds is 4. The Morgan fingerprint density at radius 3 is 1.15 bits per heavy atom. The van der Waals surface area contributed by atoms with Crippen LogP contribution in [0.2, 0.25) is 0 Å². The second-order valence-electron chi connectivity index (χ2n) is 7.69. The van der Waals surface area contributed by atoms with Gasteiger partial charge in [-0.2, -0.15) is 16.8 Å². The fraction of sp³-hybridized carbons (Fsp3) is 0. The zero-order valence-corrected chi connectivity index (χ0v) is 19.7. The zero-order valence-electron chi connectivity index (χ0n) is 17.2. The van der Waals surface area contributed by atoms with Crippen LogP contribution in [0.3, 0.4) is 0 Å². The lowest BCUT2D eigenvalue weighted by molar-refractivity contribution is 0.481. The van der Waals surface area contributed by atoms with Gasteiger partial charge in [0, 0.05) is 11.1 Å². The molecule has 4 aromatic rings. The van der Waals surface area contributed by atoms with Gasteiger partial charge in [-0.15, -0.1) is 0 Å². The molecule has 0 bridgehead atoms. The van der Waals surface area contributed by atoms with Gasteiger partial charge >= 0.3 is 0 Å². The average molecular weight is 513 g/mol. The lowest BCUT2D eigenvalue weighted by Gasteiger charge is -2.08. The standard InChI is InChI=1S/C24H16O7S3/c25-32-23-11-5-17(15-1-7-19(8-2-15)33(26,27)28)13-21(23)22-14-18(6-12-24(22)32)16-3-9-20(10-4-16)34(29,30)31/h1-14H,(H,26,27,28)(H,29,30,31). The molecule has 34 heavy (non-hydrogen) atoms. The molecule has 4 aromatic carbocycles. The highest BCUT2D eigenvalue weighted by molar-refractivity contribution is 7.86. The van der Waals surface area contributed by atoms with Crippen molar-refractivity contribution in [1.29, 1.82) is 0 Å². The average Bonchev–Trinajstić information content (AvgIpc) is 3.09. The molecule has 0 saturated carbocycles. The largest absolute Gasteiger partial charge is 0.294 e. The van der Waals surface area contributed by atoms with Crippen LogP contribution in [0.4, 0.5) is 0 Å². The third kappa shape index (κ3) is 3.99. The van der Waals surface area contributed by atoms with Crippen molar-refractivity contribution in [3.05, 3.63) is 84.9 Å². The van der Waals surface area contributed by atoms with Crippen LogP contribution in [0.5, 0.6) is 0 Å². The highest BCUT2D eigenvalue weighted by Gasteiger charge is 2.26. The summed E-state index contributed by atoms with van der Waals surface area (Å²) < 4.78 is 76.6. The first kappa shape index (κ1) is 22.6. The van der Waals surface area contributed by atoms with E-state index in [9.17, 15) is 30.1 Å². The van der Waals surface area contributed by atoms with E-state index in [0.29, 0.717) is 9.79 Å². The molecular formula is C24H16O7S3. The Hall–Kier alpha value is -3.15. The Bertz CT molecular complexity index is 1560. The van der Waals surface area contributed by atoms with Gasteiger partial charge in [0.25, 0.3) is 20.2 Å². The molecule has 0 amide bonds. The fourth-order valence-corrected chi connectivity index (χ4v) is 6.24. The minimum Gasteiger partial charge on any atom is -0.282 e. The zero-order chi connectivity index (χ0) is 24.3. The fourth-order valence-electron chi connectivity index (χ4n) is 3.92. The Morgan fingerprint density at radius 2 is 0.824 bits per heavy atom. The van der Waals surface area contributed by atoms with Crippen molar-refractivity contribution in [3.63, 3.8) is 0 Å². The Labute approximate surface area is 198 Å². The molecule has 5 rings (SSSR count). The SMILES string of the molecule is O=S1c2ccc(-c3ccc(S(=O)(=O)O)cc3)cc2-c2cc(-c3ccc(S(=O)(=O)O)cc3)ccc21. The molecule has 172 valence electrons. The maximum Gasteiger partial charge on any atom is 0.294 e. The van der Waals surface area contributed by atoms with Gasteiger partial charge in [-0.1, -0.05) is 36.4 Å². The lowest BCUT2D eigenvalue weighted by Crippen LogP contribution is -1.97. The minimum absolute atomic E-state index is 0.200. The van der Waals surface area contributed by atoms with Gasteiger partial charge < -0.3 is 0 Å². The van der Waals surface area contributed by atoms with Crippen LogP contribution in [0.1, 0.15) is 0 Å². The molecular weight excluding hydrogens is 496 g/mol. The molecule has 0 aliphatic carbocycles. The molecule has 1 aliphatic rings. The molecule has 0 fully saturated rings. The molecule has 0 saturated heterocycles. The quantitative estimate of drug-likeness (QED) is 0.335. The summed E-state index contributed by atoms with van der Waals surface area (Å²) in [4.78, 5) is 0.918. The predicted octanol–water partition coefficient (Wildman–Crippen LogP) is 4.66. The summed E-state index contributed by atoms with van der Waals surface area (Å²) in [6, 6.07) is 22.5. The highest BCUT2D eigenvalue weighted by atomic mass is 32.2. The van der Waals surface area contributed by atoms with Crippen molar-refractivity contribution in [3.8, 4) is 33.4 Å². The second-order valence-corrected chi connectivity index (χ2v) is 11.9. The summed E-state index contributed by atoms with van der Waals surface area (Å²) in [5.41, 5.74) is 4.58. The number of benzene rings is 4. The number of fused-ring (bicyclic) bond motifs is 3. The second kappa shape index (κ2) is 7.97. The van der Waals surface area contributed by atoms with Gasteiger partial charge in [-0.25, -0.2) is 4.21 Å². The van der Waals surface area contributed by atoms with E-state index in [1.165, 1.54) is 24.3 Å². The molecule has 1 heterocycles. The van der Waals surface area contributed by atoms with E-state index in [-0.39, 0.29) is 9.79 Å². The van der Waals surface area contributed by atoms with E-state index in [0.717, 1.165) is 33.4 Å². The van der Waals surface area contributed by atoms with Gasteiger partial charge in [0.2, 0.25) is 0 Å². The van der Waals surface area contributed by atoms with Crippen molar-refractivity contribution in [2.75, 3.05) is 0 Å². The van der Waals surface area contributed by atoms with Crippen LogP contribution in [0.15, 0.2) is 105 Å². The summed E-state index contributed by atoms with van der Waals surface area (Å²) in [7, 11) is -9.93. The molecule has 0 spiro atoms. The summed E-state index contributed by atoms with van der Waals surface area (Å²) in [5.74, 6) is 0. The predicted molar refractivity (Wildman–Crippen MR) is 127 cm³/mol. The van der Waals surface area contributed by atoms with Gasteiger partial charge in [-0.3, -0.25) is 9.11 Å². The van der Waals surface area contributed by atoms with Crippen molar-refractivity contribution in [2.45, 2.75) is 19.6 Å². The van der Waals surface area contributed by atoms with E-state index in [4.69, 9.17) is 0 Å². The highest BCUT2D eigenvalue weighted by Crippen LogP contribution is 2.44. The first-order valence-electron chi connectivity index (χ1n) is 9.88. The molecule has 10 heteroatoms. The van der Waals surface area contributed by atoms with E-state index < -0.39 is 31.0 Å². The van der Waals surface area contributed by atoms with Crippen LogP contribution >= 0.6 is 0 Å². The van der Waals surface area contributed by atoms with Crippen molar-refractivity contribution in [1.82, 2.24) is 0 Å². The van der Waals surface area contributed by atoms with E-state index in [2.05, 4.69) is 0 Å². The maximum atomic E-state index is 13.0. The third-order valence-corrected chi connectivity index (χ3v) is 8.87. The maximum absolute atomic E-state index is 13.0. The third-order valence-electron chi connectivity index (χ3n) is 5.62. The Morgan fingerprint density at radius 1 is 0.500 bits per heavy atom. The summed E-state index contributed by atoms with van der Waals surface area (Å²) >= 11 is 0. The molecule has 7 nitrogen and oxygen atoms in total. The smallest absolute Gasteiger partial charge is 0.282 e. The van der Waals surface area contributed by atoms with Gasteiger partial charge in [-0.05, 0) is 70.8 Å². The van der Waals surface area contributed by atoms with Gasteiger partial charge in [0.15, 0.2) is 0 Å². The first-order chi connectivity index (χ1) is 16.0. The lowest BCUT2D eigenvalue weighted by atomic mass is 9.96. The van der Waals surface area contributed by atoms with Gasteiger partial charge in [0.05, 0.1) is 30.4 Å². The van der Waals surface area contributed by atoms with Crippen LogP contribution in [-0.2, 0) is 31.0 Å². The van der Waals surface area contributed by atoms with Crippen LogP contribution in [-0.4, -0.2) is 30.1 Å². The molecule has 1 aliphatic heterocycles. The van der Waals surface area contributed by atoms with Crippen LogP contribution in [0.25, 0.3) is 33.4 Å². The van der Waals surface area contributed by atoms with E-state index in [1.54, 1.807) is 48.5 Å². The summed E-state index contributed by atoms with van der Waals surface area (Å²) in [6.07, 6.45) is 0. The van der Waals surface area contributed by atoms with Gasteiger partial charge in [0.1, 0.15) is 0 Å². The molecule has 2 N–H and O–H groups in total. The summed E-state index contributed by atoms with van der Waals surface area (Å²) in [6.45, 7) is 0. The van der Waals surface area contributed by atoms with Crippen molar-refractivity contribution in [2.24, 2.45) is 0 Å². The monoisotopic (exact) mass is 512 g/mol. The normalized spacial score (nSPS) is 13.5. The molecule has 0 radical (unpaired) electrons.